The number of methoxy groups -OCH3 is 2. The fourth-order valence-electron chi connectivity index (χ4n) is 8.43. The molecule has 58 heavy (non-hydrogen) atoms. The lowest BCUT2D eigenvalue weighted by molar-refractivity contribution is -0.141. The van der Waals surface area contributed by atoms with Gasteiger partial charge in [0.2, 0.25) is 0 Å². The molecule has 7 nitrogen and oxygen atoms in total. The maximum atomic E-state index is 14.6. The Labute approximate surface area is 352 Å². The largest absolute Gasteiger partial charge is 0.497 e. The Bertz CT molecular complexity index is 1710. The van der Waals surface area contributed by atoms with E-state index in [1.54, 1.807) is 18.1 Å². The molecule has 2 fully saturated rings. The average Bonchev–Trinajstić information content (AvgIpc) is 4.09. The molecule has 0 radical (unpaired) electrons. The molecule has 1 amide bonds. The molecule has 0 aromatic heterocycles. The lowest BCUT2D eigenvalue weighted by Gasteiger charge is -2.35. The maximum absolute atomic E-state index is 14.6. The maximum Gasteiger partial charge on any atom is 0.306 e. The molecule has 0 N–H and O–H groups in total. The van der Waals surface area contributed by atoms with Crippen molar-refractivity contribution in [2.75, 3.05) is 50.3 Å². The fraction of sp³-hybridized carbons (Fsp3) is 0.592. The summed E-state index contributed by atoms with van der Waals surface area (Å²) in [5.41, 5.74) is 3.07. The first-order valence-electron chi connectivity index (χ1n) is 22.3. The van der Waals surface area contributed by atoms with Gasteiger partial charge in [0.1, 0.15) is 17.3 Å². The van der Waals surface area contributed by atoms with E-state index in [-0.39, 0.29) is 22.8 Å². The van der Waals surface area contributed by atoms with E-state index in [2.05, 4.69) is 24.0 Å². The minimum absolute atomic E-state index is 0.150. The molecular formula is C49H68ClFN2O5. The molecule has 318 valence electrons. The summed E-state index contributed by atoms with van der Waals surface area (Å²) in [6, 6.07) is 18.1. The highest BCUT2D eigenvalue weighted by molar-refractivity contribution is 6.34. The number of hydrogen-bond donors (Lipinski definition) is 0. The van der Waals surface area contributed by atoms with E-state index in [4.69, 9.17) is 25.8 Å². The second kappa shape index (κ2) is 24.3. The van der Waals surface area contributed by atoms with E-state index in [1.807, 2.05) is 30.3 Å². The summed E-state index contributed by atoms with van der Waals surface area (Å²) in [5, 5.41) is 0.228. The van der Waals surface area contributed by atoms with Crippen LogP contribution in [0, 0.1) is 17.7 Å². The summed E-state index contributed by atoms with van der Waals surface area (Å²) in [6.45, 7) is 4.89. The van der Waals surface area contributed by atoms with Crippen molar-refractivity contribution >= 4 is 34.9 Å². The summed E-state index contributed by atoms with van der Waals surface area (Å²) >= 11 is 6.62. The van der Waals surface area contributed by atoms with Crippen molar-refractivity contribution in [3.05, 3.63) is 82.6 Å². The van der Waals surface area contributed by atoms with Gasteiger partial charge in [-0.2, -0.15) is 0 Å². The van der Waals surface area contributed by atoms with Crippen molar-refractivity contribution in [1.29, 1.82) is 0 Å². The van der Waals surface area contributed by atoms with E-state index in [9.17, 15) is 14.0 Å². The van der Waals surface area contributed by atoms with Gasteiger partial charge in [0, 0.05) is 25.7 Å². The van der Waals surface area contributed by atoms with Crippen molar-refractivity contribution in [2.24, 2.45) is 11.8 Å². The third kappa shape index (κ3) is 14.2. The summed E-state index contributed by atoms with van der Waals surface area (Å²) in [6.07, 6.45) is 22.1. The topological polar surface area (TPSA) is 68.3 Å². The molecule has 1 saturated carbocycles. The number of rotatable bonds is 26. The predicted octanol–water partition coefficient (Wildman–Crippen LogP) is 13.0. The van der Waals surface area contributed by atoms with Crippen molar-refractivity contribution in [3.63, 3.8) is 0 Å². The summed E-state index contributed by atoms with van der Waals surface area (Å²) in [5.74, 6) is 1.80. The number of unbranched alkanes of at least 4 members (excludes halogenated alkanes) is 13. The van der Waals surface area contributed by atoms with Gasteiger partial charge >= 0.3 is 5.97 Å². The van der Waals surface area contributed by atoms with Crippen molar-refractivity contribution < 1.29 is 28.2 Å². The first-order chi connectivity index (χ1) is 28.3. The Morgan fingerprint density at radius 2 is 1.45 bits per heavy atom. The van der Waals surface area contributed by atoms with Crippen molar-refractivity contribution in [2.45, 2.75) is 135 Å². The number of amides is 1. The van der Waals surface area contributed by atoms with E-state index in [0.717, 1.165) is 75.0 Å². The normalized spacial score (nSPS) is 14.9. The van der Waals surface area contributed by atoms with Gasteiger partial charge in [-0.15, -0.1) is 0 Å². The molecule has 2 aliphatic rings. The van der Waals surface area contributed by atoms with E-state index >= 15 is 0 Å². The van der Waals surface area contributed by atoms with Crippen LogP contribution in [0.5, 0.6) is 11.5 Å². The fourth-order valence-corrected chi connectivity index (χ4v) is 8.70. The van der Waals surface area contributed by atoms with Crippen LogP contribution < -0.4 is 19.3 Å². The molecule has 3 aromatic carbocycles. The number of halogens is 2. The van der Waals surface area contributed by atoms with Crippen molar-refractivity contribution in [1.82, 2.24) is 0 Å². The van der Waals surface area contributed by atoms with Crippen LogP contribution in [0.2, 0.25) is 5.02 Å². The zero-order valence-electron chi connectivity index (χ0n) is 35.5. The number of piperidine rings is 1. The Kier molecular flexibility index (Phi) is 19.0. The van der Waals surface area contributed by atoms with E-state index in [0.29, 0.717) is 48.4 Å². The Hall–Kier alpha value is -3.78. The van der Waals surface area contributed by atoms with Crippen LogP contribution >= 0.6 is 11.6 Å². The highest BCUT2D eigenvalue weighted by Gasteiger charge is 2.34. The molecule has 0 unspecified atom stereocenters. The van der Waals surface area contributed by atoms with Gasteiger partial charge in [-0.1, -0.05) is 114 Å². The Morgan fingerprint density at radius 1 is 0.793 bits per heavy atom. The van der Waals surface area contributed by atoms with Gasteiger partial charge in [-0.05, 0) is 97.9 Å². The van der Waals surface area contributed by atoms with Gasteiger partial charge in [-0.25, -0.2) is 4.39 Å². The third-order valence-corrected chi connectivity index (χ3v) is 12.5. The minimum atomic E-state index is -0.427. The van der Waals surface area contributed by atoms with Crippen LogP contribution in [-0.4, -0.2) is 52.3 Å². The molecule has 9 heteroatoms. The third-order valence-electron chi connectivity index (χ3n) is 12.1. The van der Waals surface area contributed by atoms with Gasteiger partial charge in [-0.3, -0.25) is 9.59 Å². The van der Waals surface area contributed by atoms with Crippen molar-refractivity contribution in [3.8, 4) is 11.5 Å². The predicted molar refractivity (Wildman–Crippen MR) is 235 cm³/mol. The standard InChI is InChI=1S/C49H68ClFN2O5/c1-4-5-6-7-8-9-10-11-12-13-14-15-16-17-29-53(46-26-23-40(51)33-45(46)50)49(55)43-25-24-41(56-2)34-47(43)52-30-27-37(28-31-52)36-58-42-20-18-19-39(32-42)44(38-21-22-38)35-48(54)57-3/h18-20,23-26,32-34,37-38,44H,4-17,21-22,27-31,35-36H2,1-3H3/t44-/m0/s1. The number of anilines is 2. The van der Waals surface area contributed by atoms with E-state index < -0.39 is 5.82 Å². The number of carbonyl (C=O) groups is 2. The molecule has 0 bridgehead atoms. The van der Waals surface area contributed by atoms with Crippen LogP contribution in [0.4, 0.5) is 15.8 Å². The minimum Gasteiger partial charge on any atom is -0.497 e. The zero-order valence-corrected chi connectivity index (χ0v) is 36.2. The quantitative estimate of drug-likeness (QED) is 0.0594. The van der Waals surface area contributed by atoms with Crippen LogP contribution in [0.15, 0.2) is 60.7 Å². The first-order valence-corrected chi connectivity index (χ1v) is 22.7. The SMILES string of the molecule is CCCCCCCCCCCCCCCCN(C(=O)c1ccc(OC)cc1N1CCC(COc2cccc([C@@H](CC(=O)OC)C3CC3)c2)CC1)c1ccc(F)cc1Cl. The summed E-state index contributed by atoms with van der Waals surface area (Å²) < 4.78 is 31.2. The molecule has 1 aliphatic carbocycles. The molecule has 1 aliphatic heterocycles. The molecule has 1 saturated heterocycles. The van der Waals surface area contributed by atoms with E-state index in [1.165, 1.54) is 89.9 Å². The van der Waals surface area contributed by atoms with Crippen LogP contribution in [-0.2, 0) is 9.53 Å². The Balaban J connectivity index is 1.16. The molecular weight excluding hydrogens is 751 g/mol. The zero-order chi connectivity index (χ0) is 41.1. The number of carbonyl (C=O) groups excluding carboxylic acids is 2. The smallest absolute Gasteiger partial charge is 0.306 e. The number of hydrogen-bond acceptors (Lipinski definition) is 6. The highest BCUT2D eigenvalue weighted by atomic mass is 35.5. The van der Waals surface area contributed by atoms with Gasteiger partial charge in [0.25, 0.3) is 5.91 Å². The summed E-state index contributed by atoms with van der Waals surface area (Å²) in [7, 11) is 3.09. The Morgan fingerprint density at radius 3 is 2.05 bits per heavy atom. The molecule has 5 rings (SSSR count). The molecule has 3 aromatic rings. The number of esters is 1. The van der Waals surface area contributed by atoms with Crippen LogP contribution in [0.25, 0.3) is 0 Å². The molecule has 0 spiro atoms. The van der Waals surface area contributed by atoms with Crippen LogP contribution in [0.1, 0.15) is 151 Å². The average molecular weight is 820 g/mol. The monoisotopic (exact) mass is 818 g/mol. The number of ether oxygens (including phenoxy) is 3. The summed E-state index contributed by atoms with van der Waals surface area (Å²) in [4.78, 5) is 30.7. The number of nitrogens with zero attached hydrogens (tertiary/aromatic N) is 2. The highest BCUT2D eigenvalue weighted by Crippen LogP contribution is 2.45. The first kappa shape index (κ1) is 45.3. The number of benzene rings is 3. The molecule has 1 atom stereocenters. The van der Waals surface area contributed by atoms with Crippen LogP contribution in [0.3, 0.4) is 0 Å². The molecule has 1 heterocycles. The lowest BCUT2D eigenvalue weighted by atomic mass is 9.91. The second-order valence-electron chi connectivity index (χ2n) is 16.6. The van der Waals surface area contributed by atoms with Gasteiger partial charge < -0.3 is 24.0 Å². The van der Waals surface area contributed by atoms with Gasteiger partial charge in [0.05, 0.1) is 49.2 Å². The lowest BCUT2D eigenvalue weighted by Crippen LogP contribution is -2.38. The second-order valence-corrected chi connectivity index (χ2v) is 17.0. The van der Waals surface area contributed by atoms with Gasteiger partial charge in [0.15, 0.2) is 0 Å².